The third-order valence-electron chi connectivity index (χ3n) is 4.40. The lowest BCUT2D eigenvalue weighted by Gasteiger charge is -2.27. The van der Waals surface area contributed by atoms with E-state index in [9.17, 15) is 15.5 Å². The van der Waals surface area contributed by atoms with Crippen molar-refractivity contribution in [2.45, 2.75) is 37.6 Å². The van der Waals surface area contributed by atoms with Gasteiger partial charge in [-0.3, -0.25) is 0 Å². The Balaban J connectivity index is 2.13. The minimum Gasteiger partial charge on any atom is -0.508 e. The Hall–Kier alpha value is -2.85. The quantitative estimate of drug-likeness (QED) is 0.618. The van der Waals surface area contributed by atoms with Crippen molar-refractivity contribution in [3.05, 3.63) is 29.5 Å². The third-order valence-corrected chi connectivity index (χ3v) is 4.40. The number of aromatic nitrogens is 2. The molecule has 0 spiro atoms. The molecule has 6 N–H and O–H groups in total. The fourth-order valence-corrected chi connectivity index (χ4v) is 3.21. The minimum atomic E-state index is -0.0665. The van der Waals surface area contributed by atoms with Crippen molar-refractivity contribution in [1.82, 2.24) is 9.97 Å². The first-order chi connectivity index (χ1) is 11.5. The maximum atomic E-state index is 10.0. The zero-order valence-electron chi connectivity index (χ0n) is 13.1. The molecule has 1 heterocycles. The fourth-order valence-electron chi connectivity index (χ4n) is 3.21. The van der Waals surface area contributed by atoms with Gasteiger partial charge in [-0.05, 0) is 37.5 Å². The number of nitriles is 1. The van der Waals surface area contributed by atoms with Gasteiger partial charge < -0.3 is 21.7 Å². The van der Waals surface area contributed by atoms with E-state index in [1.165, 1.54) is 18.2 Å². The van der Waals surface area contributed by atoms with Crippen molar-refractivity contribution in [3.63, 3.8) is 0 Å². The van der Waals surface area contributed by atoms with Crippen LogP contribution in [-0.4, -0.2) is 26.2 Å². The Labute approximate surface area is 139 Å². The van der Waals surface area contributed by atoms with Crippen molar-refractivity contribution in [3.8, 4) is 29.0 Å². The SMILES string of the molecule is N#Cc1c(N)nc(-c2cc(O)ccc2O)nc1C1CCCC(N)C1. The molecule has 0 radical (unpaired) electrons. The van der Waals surface area contributed by atoms with E-state index in [1.54, 1.807) is 0 Å². The van der Waals surface area contributed by atoms with Crippen LogP contribution in [0.25, 0.3) is 11.4 Å². The molecular weight excluding hydrogens is 306 g/mol. The average molecular weight is 325 g/mol. The van der Waals surface area contributed by atoms with Gasteiger partial charge in [0, 0.05) is 12.0 Å². The molecule has 0 aliphatic heterocycles. The number of nitrogens with two attached hydrogens (primary N) is 2. The summed E-state index contributed by atoms with van der Waals surface area (Å²) in [6, 6.07) is 6.25. The maximum absolute atomic E-state index is 10.0. The molecule has 24 heavy (non-hydrogen) atoms. The second kappa shape index (κ2) is 6.34. The Morgan fingerprint density at radius 2 is 2.00 bits per heavy atom. The summed E-state index contributed by atoms with van der Waals surface area (Å²) in [4.78, 5) is 8.63. The van der Waals surface area contributed by atoms with Gasteiger partial charge in [0.25, 0.3) is 0 Å². The highest BCUT2D eigenvalue weighted by Gasteiger charge is 2.27. The zero-order valence-corrected chi connectivity index (χ0v) is 13.1. The molecule has 7 heteroatoms. The first kappa shape index (κ1) is 16.0. The van der Waals surface area contributed by atoms with Crippen LogP contribution in [0.1, 0.15) is 42.9 Å². The number of nitrogens with zero attached hydrogens (tertiary/aromatic N) is 3. The van der Waals surface area contributed by atoms with E-state index in [1.807, 2.05) is 0 Å². The van der Waals surface area contributed by atoms with Crippen LogP contribution in [0.5, 0.6) is 11.5 Å². The first-order valence-corrected chi connectivity index (χ1v) is 7.85. The van der Waals surface area contributed by atoms with Gasteiger partial charge in [-0.1, -0.05) is 6.42 Å². The lowest BCUT2D eigenvalue weighted by molar-refractivity contribution is 0.387. The molecule has 2 unspecified atom stereocenters. The summed E-state index contributed by atoms with van der Waals surface area (Å²) in [6.45, 7) is 0. The van der Waals surface area contributed by atoms with E-state index >= 15 is 0 Å². The van der Waals surface area contributed by atoms with Crippen molar-refractivity contribution in [2.24, 2.45) is 5.73 Å². The Morgan fingerprint density at radius 3 is 2.71 bits per heavy atom. The lowest BCUT2D eigenvalue weighted by atomic mass is 9.82. The van der Waals surface area contributed by atoms with Crippen LogP contribution >= 0.6 is 0 Å². The smallest absolute Gasteiger partial charge is 0.165 e. The van der Waals surface area contributed by atoms with Crippen LogP contribution in [0.15, 0.2) is 18.2 Å². The number of anilines is 1. The first-order valence-electron chi connectivity index (χ1n) is 7.85. The van der Waals surface area contributed by atoms with Crippen molar-refractivity contribution < 1.29 is 10.2 Å². The summed E-state index contributed by atoms with van der Waals surface area (Å²) in [7, 11) is 0. The number of phenols is 2. The summed E-state index contributed by atoms with van der Waals surface area (Å²) in [5, 5.41) is 29.1. The minimum absolute atomic E-state index is 0.0180. The molecule has 1 fully saturated rings. The zero-order chi connectivity index (χ0) is 17.3. The molecule has 2 aromatic rings. The number of hydrogen-bond donors (Lipinski definition) is 4. The second-order valence-corrected chi connectivity index (χ2v) is 6.13. The Morgan fingerprint density at radius 1 is 1.21 bits per heavy atom. The maximum Gasteiger partial charge on any atom is 0.165 e. The van der Waals surface area contributed by atoms with Gasteiger partial charge in [0.2, 0.25) is 0 Å². The molecule has 0 amide bonds. The summed E-state index contributed by atoms with van der Waals surface area (Å²) in [6.07, 6.45) is 3.54. The summed E-state index contributed by atoms with van der Waals surface area (Å²) >= 11 is 0. The Bertz CT molecular complexity index is 815. The monoisotopic (exact) mass is 325 g/mol. The summed E-state index contributed by atoms with van der Waals surface area (Å²) in [5.74, 6) is 0.208. The van der Waals surface area contributed by atoms with Crippen molar-refractivity contribution in [1.29, 1.82) is 5.26 Å². The topological polar surface area (TPSA) is 142 Å². The van der Waals surface area contributed by atoms with Gasteiger partial charge in [-0.15, -0.1) is 0 Å². The van der Waals surface area contributed by atoms with Gasteiger partial charge in [0.15, 0.2) is 5.82 Å². The molecule has 1 saturated carbocycles. The Kier molecular flexibility index (Phi) is 4.23. The van der Waals surface area contributed by atoms with Gasteiger partial charge in [-0.25, -0.2) is 9.97 Å². The molecule has 2 atom stereocenters. The molecule has 7 nitrogen and oxygen atoms in total. The predicted molar refractivity (Wildman–Crippen MR) is 89.1 cm³/mol. The van der Waals surface area contributed by atoms with Gasteiger partial charge >= 0.3 is 0 Å². The normalized spacial score (nSPS) is 20.5. The number of nitrogen functional groups attached to an aromatic ring is 1. The molecule has 1 aromatic heterocycles. The van der Waals surface area contributed by atoms with Crippen molar-refractivity contribution >= 4 is 5.82 Å². The van der Waals surface area contributed by atoms with Gasteiger partial charge in [0.1, 0.15) is 28.9 Å². The lowest BCUT2D eigenvalue weighted by Crippen LogP contribution is -2.28. The van der Waals surface area contributed by atoms with E-state index in [4.69, 9.17) is 11.5 Å². The van der Waals surface area contributed by atoms with Crippen LogP contribution < -0.4 is 11.5 Å². The highest BCUT2D eigenvalue weighted by atomic mass is 16.3. The number of phenolic OH excluding ortho intramolecular Hbond substituents is 2. The fraction of sp³-hybridized carbons (Fsp3) is 0.353. The molecule has 124 valence electrons. The number of rotatable bonds is 2. The largest absolute Gasteiger partial charge is 0.508 e. The number of hydrogen-bond acceptors (Lipinski definition) is 7. The standard InChI is InChI=1S/C17H19N5O2/c18-8-13-15(9-2-1-3-10(19)6-9)21-17(22-16(13)20)12-7-11(23)4-5-14(12)24/h4-5,7,9-10,23-24H,1-3,6,19H2,(H2,20,21,22). The van der Waals surface area contributed by atoms with Crippen LogP contribution in [-0.2, 0) is 0 Å². The molecule has 1 aliphatic rings. The van der Waals surface area contributed by atoms with Crippen molar-refractivity contribution in [2.75, 3.05) is 5.73 Å². The molecule has 0 saturated heterocycles. The second-order valence-electron chi connectivity index (χ2n) is 6.13. The highest BCUT2D eigenvalue weighted by molar-refractivity contribution is 5.68. The summed E-state index contributed by atoms with van der Waals surface area (Å²) in [5.41, 5.74) is 13.1. The molecule has 0 bridgehead atoms. The molecule has 1 aliphatic carbocycles. The van der Waals surface area contributed by atoms with E-state index in [2.05, 4.69) is 16.0 Å². The van der Waals surface area contributed by atoms with Gasteiger partial charge in [-0.2, -0.15) is 5.26 Å². The molecule has 1 aromatic carbocycles. The summed E-state index contributed by atoms with van der Waals surface area (Å²) < 4.78 is 0. The van der Waals surface area contributed by atoms with E-state index < -0.39 is 0 Å². The highest BCUT2D eigenvalue weighted by Crippen LogP contribution is 2.37. The van der Waals surface area contributed by atoms with Crippen LogP contribution in [0.2, 0.25) is 0 Å². The van der Waals surface area contributed by atoms with Gasteiger partial charge in [0.05, 0.1) is 11.3 Å². The van der Waals surface area contributed by atoms with E-state index in [-0.39, 0.29) is 46.2 Å². The van der Waals surface area contributed by atoms with E-state index in [0.29, 0.717) is 5.69 Å². The number of aromatic hydroxyl groups is 2. The van der Waals surface area contributed by atoms with Crippen LogP contribution in [0, 0.1) is 11.3 Å². The third kappa shape index (κ3) is 2.96. The van der Waals surface area contributed by atoms with E-state index in [0.717, 1.165) is 25.7 Å². The predicted octanol–water partition coefficient (Wildman–Crippen LogP) is 1.99. The molecular formula is C17H19N5O2. The van der Waals surface area contributed by atoms with Crippen LogP contribution in [0.3, 0.4) is 0 Å². The number of benzene rings is 1. The molecule has 3 rings (SSSR count). The van der Waals surface area contributed by atoms with Crippen LogP contribution in [0.4, 0.5) is 5.82 Å². The average Bonchev–Trinajstić information content (AvgIpc) is 2.56.